The summed E-state index contributed by atoms with van der Waals surface area (Å²) in [4.78, 5) is 0. The van der Waals surface area contributed by atoms with Crippen LogP contribution in [0.4, 0.5) is 0 Å². The van der Waals surface area contributed by atoms with Crippen LogP contribution in [0.3, 0.4) is 0 Å². The van der Waals surface area contributed by atoms with E-state index in [0.29, 0.717) is 12.7 Å². The van der Waals surface area contributed by atoms with Crippen molar-refractivity contribution in [2.24, 2.45) is 11.3 Å². The molecule has 74 valence electrons. The quantitative estimate of drug-likeness (QED) is 0.471. The summed E-state index contributed by atoms with van der Waals surface area (Å²) in [5.74, 6) is 0.586. The predicted octanol–water partition coefficient (Wildman–Crippen LogP) is 2.68. The van der Waals surface area contributed by atoms with E-state index in [1.807, 2.05) is 0 Å². The van der Waals surface area contributed by atoms with Crippen LogP contribution in [0.25, 0.3) is 0 Å². The van der Waals surface area contributed by atoms with E-state index >= 15 is 0 Å². The summed E-state index contributed by atoms with van der Waals surface area (Å²) in [7, 11) is 0. The third-order valence-electron chi connectivity index (χ3n) is 1.15. The third kappa shape index (κ3) is 9.92. The third-order valence-corrected chi connectivity index (χ3v) is 1.15. The lowest BCUT2D eigenvalue weighted by Gasteiger charge is -2.18. The fourth-order valence-corrected chi connectivity index (χ4v) is 0.691. The van der Waals surface area contributed by atoms with Gasteiger partial charge in [0.2, 0.25) is 0 Å². The first kappa shape index (κ1) is 11.9. The first-order chi connectivity index (χ1) is 5.42. The Labute approximate surface area is 76.3 Å². The van der Waals surface area contributed by atoms with E-state index in [-0.39, 0.29) is 5.41 Å². The largest absolute Gasteiger partial charge is 0.355 e. The number of ether oxygens (including phenoxy) is 2. The van der Waals surface area contributed by atoms with Crippen molar-refractivity contribution in [2.75, 3.05) is 20.0 Å². The summed E-state index contributed by atoms with van der Waals surface area (Å²) in [6, 6.07) is 0. The predicted molar refractivity (Wildman–Crippen MR) is 51.1 cm³/mol. The lowest BCUT2D eigenvalue weighted by molar-refractivity contribution is -0.0803. The van der Waals surface area contributed by atoms with Crippen molar-refractivity contribution in [3.63, 3.8) is 0 Å². The SMILES string of the molecule is CC(C)COCOCC(C)(C)C. The zero-order valence-electron chi connectivity index (χ0n) is 9.02. The van der Waals surface area contributed by atoms with Gasteiger partial charge in [-0.15, -0.1) is 0 Å². The van der Waals surface area contributed by atoms with Crippen LogP contribution in [-0.2, 0) is 9.47 Å². The van der Waals surface area contributed by atoms with Crippen molar-refractivity contribution in [3.8, 4) is 0 Å². The van der Waals surface area contributed by atoms with Gasteiger partial charge in [0.05, 0.1) is 13.2 Å². The van der Waals surface area contributed by atoms with Gasteiger partial charge < -0.3 is 9.47 Å². The van der Waals surface area contributed by atoms with Crippen LogP contribution < -0.4 is 0 Å². The van der Waals surface area contributed by atoms with Gasteiger partial charge in [-0.2, -0.15) is 0 Å². The van der Waals surface area contributed by atoms with Gasteiger partial charge in [-0.25, -0.2) is 0 Å². The second-order valence-electron chi connectivity index (χ2n) is 4.79. The molecule has 0 saturated heterocycles. The Kier molecular flexibility index (Phi) is 5.51. The van der Waals surface area contributed by atoms with E-state index in [9.17, 15) is 0 Å². The van der Waals surface area contributed by atoms with E-state index in [4.69, 9.17) is 9.47 Å². The van der Waals surface area contributed by atoms with Crippen LogP contribution in [0.1, 0.15) is 34.6 Å². The summed E-state index contributed by atoms with van der Waals surface area (Å²) < 4.78 is 10.6. The molecule has 0 aromatic carbocycles. The minimum atomic E-state index is 0.237. The zero-order valence-corrected chi connectivity index (χ0v) is 9.02. The van der Waals surface area contributed by atoms with Crippen LogP contribution in [0.5, 0.6) is 0 Å². The summed E-state index contributed by atoms with van der Waals surface area (Å²) in [6.45, 7) is 12.7. The molecule has 0 aliphatic heterocycles. The van der Waals surface area contributed by atoms with Crippen LogP contribution in [0, 0.1) is 11.3 Å². The average molecular weight is 174 g/mol. The highest BCUT2D eigenvalue weighted by molar-refractivity contribution is 4.57. The maximum Gasteiger partial charge on any atom is 0.146 e. The smallest absolute Gasteiger partial charge is 0.146 e. The Balaban J connectivity index is 3.12. The molecule has 0 aliphatic rings. The highest BCUT2D eigenvalue weighted by Gasteiger charge is 2.09. The highest BCUT2D eigenvalue weighted by atomic mass is 16.7. The molecule has 0 radical (unpaired) electrons. The summed E-state index contributed by atoms with van der Waals surface area (Å²) in [5.41, 5.74) is 0.237. The monoisotopic (exact) mass is 174 g/mol. The van der Waals surface area contributed by atoms with Crippen LogP contribution in [0.2, 0.25) is 0 Å². The van der Waals surface area contributed by atoms with Crippen molar-refractivity contribution in [1.29, 1.82) is 0 Å². The van der Waals surface area contributed by atoms with E-state index in [0.717, 1.165) is 13.2 Å². The molecule has 0 spiro atoms. The van der Waals surface area contributed by atoms with Crippen molar-refractivity contribution in [3.05, 3.63) is 0 Å². The Bertz CT molecular complexity index is 103. The summed E-state index contributed by atoms with van der Waals surface area (Å²) >= 11 is 0. The molecule has 0 atom stereocenters. The van der Waals surface area contributed by atoms with Gasteiger partial charge >= 0.3 is 0 Å². The molecule has 0 aromatic rings. The maximum atomic E-state index is 5.33. The molecule has 0 bridgehead atoms. The fraction of sp³-hybridized carbons (Fsp3) is 1.00. The van der Waals surface area contributed by atoms with E-state index in [1.54, 1.807) is 0 Å². The Hall–Kier alpha value is -0.0800. The fourth-order valence-electron chi connectivity index (χ4n) is 0.691. The zero-order chi connectivity index (χ0) is 9.61. The molecule has 0 aliphatic carbocycles. The minimum absolute atomic E-state index is 0.237. The van der Waals surface area contributed by atoms with Crippen molar-refractivity contribution in [1.82, 2.24) is 0 Å². The molecule has 2 nitrogen and oxygen atoms in total. The van der Waals surface area contributed by atoms with Gasteiger partial charge in [0.15, 0.2) is 0 Å². The summed E-state index contributed by atoms with van der Waals surface area (Å²) in [6.07, 6.45) is 0. The standard InChI is InChI=1S/C10H22O2/c1-9(2)6-11-8-12-7-10(3,4)5/h9H,6-8H2,1-5H3. The lowest BCUT2D eigenvalue weighted by Crippen LogP contribution is -2.16. The molecule has 0 aromatic heterocycles. The van der Waals surface area contributed by atoms with Gasteiger partial charge in [0, 0.05) is 0 Å². The number of hydrogen-bond donors (Lipinski definition) is 0. The highest BCUT2D eigenvalue weighted by Crippen LogP contribution is 2.12. The molecule has 0 rings (SSSR count). The summed E-state index contributed by atoms with van der Waals surface area (Å²) in [5, 5.41) is 0. The normalized spacial score (nSPS) is 12.5. The van der Waals surface area contributed by atoms with Gasteiger partial charge in [0.25, 0.3) is 0 Å². The number of rotatable bonds is 5. The average Bonchev–Trinajstić information content (AvgIpc) is 1.83. The van der Waals surface area contributed by atoms with Crippen LogP contribution in [0.15, 0.2) is 0 Å². The Morgan fingerprint density at radius 2 is 1.67 bits per heavy atom. The molecule has 0 unspecified atom stereocenters. The topological polar surface area (TPSA) is 18.5 Å². The molecule has 0 amide bonds. The first-order valence-electron chi connectivity index (χ1n) is 4.57. The van der Waals surface area contributed by atoms with Gasteiger partial charge in [-0.05, 0) is 11.3 Å². The lowest BCUT2D eigenvalue weighted by atomic mass is 9.99. The molecular weight excluding hydrogens is 152 g/mol. The Morgan fingerprint density at radius 1 is 1.08 bits per heavy atom. The molecule has 0 saturated carbocycles. The van der Waals surface area contributed by atoms with E-state index in [1.165, 1.54) is 0 Å². The van der Waals surface area contributed by atoms with E-state index < -0.39 is 0 Å². The maximum absolute atomic E-state index is 5.33. The van der Waals surface area contributed by atoms with E-state index in [2.05, 4.69) is 34.6 Å². The van der Waals surface area contributed by atoms with Crippen molar-refractivity contribution in [2.45, 2.75) is 34.6 Å². The number of hydrogen-bond acceptors (Lipinski definition) is 2. The molecule has 12 heavy (non-hydrogen) atoms. The van der Waals surface area contributed by atoms with Crippen molar-refractivity contribution >= 4 is 0 Å². The van der Waals surface area contributed by atoms with Crippen molar-refractivity contribution < 1.29 is 9.47 Å². The molecule has 2 heteroatoms. The van der Waals surface area contributed by atoms with Gasteiger partial charge in [-0.1, -0.05) is 34.6 Å². The van der Waals surface area contributed by atoms with Crippen LogP contribution >= 0.6 is 0 Å². The minimum Gasteiger partial charge on any atom is -0.355 e. The molecule has 0 heterocycles. The van der Waals surface area contributed by atoms with Gasteiger partial charge in [0.1, 0.15) is 6.79 Å². The van der Waals surface area contributed by atoms with Gasteiger partial charge in [-0.3, -0.25) is 0 Å². The second-order valence-corrected chi connectivity index (χ2v) is 4.79. The first-order valence-corrected chi connectivity index (χ1v) is 4.57. The van der Waals surface area contributed by atoms with Crippen LogP contribution in [-0.4, -0.2) is 20.0 Å². The molecular formula is C10H22O2. The Morgan fingerprint density at radius 3 is 2.08 bits per heavy atom. The second kappa shape index (κ2) is 5.55. The molecule has 0 N–H and O–H groups in total. The molecule has 0 fully saturated rings.